The van der Waals surface area contributed by atoms with E-state index >= 15 is 0 Å². The standard InChI is InChI=1S/C24H26N6O/c1-16-26-23-11-17(3-6-24(23)31-16)20-4-5-21-22(27-20)12-18(13-25-21)30-14-19(15-30)29-9-7-28(2)8-10-29/h3-6,11-13,19H,7-10,14-15H2,1-2H3. The summed E-state index contributed by atoms with van der Waals surface area (Å²) >= 11 is 0. The van der Waals surface area contributed by atoms with E-state index in [9.17, 15) is 0 Å². The Morgan fingerprint density at radius 3 is 2.58 bits per heavy atom. The quantitative estimate of drug-likeness (QED) is 0.510. The predicted octanol–water partition coefficient (Wildman–Crippen LogP) is 3.18. The third-order valence-electron chi connectivity index (χ3n) is 6.59. The van der Waals surface area contributed by atoms with E-state index in [1.807, 2.05) is 43.5 Å². The fourth-order valence-corrected chi connectivity index (χ4v) is 4.62. The maximum Gasteiger partial charge on any atom is 0.192 e. The third-order valence-corrected chi connectivity index (χ3v) is 6.59. The normalized spacial score (nSPS) is 18.7. The minimum absolute atomic E-state index is 0.654. The molecule has 31 heavy (non-hydrogen) atoms. The summed E-state index contributed by atoms with van der Waals surface area (Å²) in [5.74, 6) is 0.678. The maximum atomic E-state index is 5.59. The molecule has 0 aliphatic carbocycles. The van der Waals surface area contributed by atoms with Crippen LogP contribution in [0.2, 0.25) is 0 Å². The van der Waals surface area contributed by atoms with Gasteiger partial charge in [-0.1, -0.05) is 0 Å². The van der Waals surface area contributed by atoms with E-state index in [4.69, 9.17) is 9.40 Å². The SMILES string of the molecule is Cc1nc2cc(-c3ccc4ncc(N5CC(N6CCN(C)CC6)C5)cc4n3)ccc2o1. The van der Waals surface area contributed by atoms with Gasteiger partial charge in [0, 0.05) is 57.8 Å². The van der Waals surface area contributed by atoms with Crippen LogP contribution in [-0.4, -0.2) is 77.1 Å². The summed E-state index contributed by atoms with van der Waals surface area (Å²) in [5, 5.41) is 0. The van der Waals surface area contributed by atoms with Crippen molar-refractivity contribution in [2.75, 3.05) is 51.2 Å². The van der Waals surface area contributed by atoms with Gasteiger partial charge >= 0.3 is 0 Å². The number of oxazole rings is 1. The highest BCUT2D eigenvalue weighted by Gasteiger charge is 2.33. The zero-order chi connectivity index (χ0) is 20.9. The lowest BCUT2D eigenvalue weighted by Crippen LogP contribution is -2.63. The number of piperazine rings is 1. The van der Waals surface area contributed by atoms with Gasteiger partial charge in [-0.15, -0.1) is 0 Å². The Kier molecular flexibility index (Phi) is 4.40. The number of benzene rings is 1. The molecule has 0 N–H and O–H groups in total. The number of aromatic nitrogens is 3. The summed E-state index contributed by atoms with van der Waals surface area (Å²) in [7, 11) is 2.21. The second-order valence-electron chi connectivity index (χ2n) is 8.74. The second kappa shape index (κ2) is 7.28. The molecule has 0 unspecified atom stereocenters. The molecule has 0 spiro atoms. The molecule has 158 valence electrons. The number of aryl methyl sites for hydroxylation is 1. The average molecular weight is 415 g/mol. The maximum absolute atomic E-state index is 5.59. The fraction of sp³-hybridized carbons (Fsp3) is 0.375. The van der Waals surface area contributed by atoms with Gasteiger partial charge in [0.05, 0.1) is 28.6 Å². The monoisotopic (exact) mass is 414 g/mol. The lowest BCUT2D eigenvalue weighted by atomic mass is 10.0. The molecule has 2 saturated heterocycles. The molecule has 2 aliphatic rings. The van der Waals surface area contributed by atoms with Gasteiger partial charge in [0.25, 0.3) is 0 Å². The number of nitrogens with zero attached hydrogens (tertiary/aromatic N) is 6. The number of hydrogen-bond acceptors (Lipinski definition) is 7. The van der Waals surface area contributed by atoms with Crippen molar-refractivity contribution in [3.63, 3.8) is 0 Å². The van der Waals surface area contributed by atoms with Crippen molar-refractivity contribution in [2.24, 2.45) is 0 Å². The zero-order valence-electron chi connectivity index (χ0n) is 18.0. The van der Waals surface area contributed by atoms with Crippen molar-refractivity contribution in [2.45, 2.75) is 13.0 Å². The molecule has 0 atom stereocenters. The zero-order valence-corrected chi connectivity index (χ0v) is 18.0. The molecule has 5 heterocycles. The van der Waals surface area contributed by atoms with Crippen LogP contribution >= 0.6 is 0 Å². The van der Waals surface area contributed by atoms with E-state index in [0.29, 0.717) is 11.9 Å². The Hall–Kier alpha value is -3.03. The Morgan fingerprint density at radius 2 is 1.74 bits per heavy atom. The van der Waals surface area contributed by atoms with Gasteiger partial charge in [-0.25, -0.2) is 9.97 Å². The lowest BCUT2D eigenvalue weighted by molar-refractivity contribution is 0.0963. The van der Waals surface area contributed by atoms with E-state index in [-0.39, 0.29) is 0 Å². The van der Waals surface area contributed by atoms with Crippen LogP contribution in [0.1, 0.15) is 5.89 Å². The van der Waals surface area contributed by atoms with Crippen molar-refractivity contribution in [3.8, 4) is 11.3 Å². The van der Waals surface area contributed by atoms with Crippen molar-refractivity contribution in [1.29, 1.82) is 0 Å². The molecule has 7 heteroatoms. The summed E-state index contributed by atoms with van der Waals surface area (Å²) in [5.41, 5.74) is 6.62. The van der Waals surface area contributed by atoms with Crippen molar-refractivity contribution in [1.82, 2.24) is 24.8 Å². The second-order valence-corrected chi connectivity index (χ2v) is 8.74. The molecule has 2 fully saturated rings. The van der Waals surface area contributed by atoms with Crippen LogP contribution in [-0.2, 0) is 0 Å². The summed E-state index contributed by atoms with van der Waals surface area (Å²) in [6.45, 7) is 8.68. The minimum atomic E-state index is 0.654. The molecule has 1 aromatic carbocycles. The summed E-state index contributed by atoms with van der Waals surface area (Å²) in [6, 6.07) is 12.9. The Morgan fingerprint density at radius 1 is 0.903 bits per heavy atom. The first-order chi connectivity index (χ1) is 15.1. The lowest BCUT2D eigenvalue weighted by Gasteiger charge is -2.48. The van der Waals surface area contributed by atoms with Crippen LogP contribution < -0.4 is 4.90 Å². The van der Waals surface area contributed by atoms with Crippen LogP contribution in [0, 0.1) is 6.92 Å². The van der Waals surface area contributed by atoms with Gasteiger partial charge in [0.2, 0.25) is 0 Å². The third kappa shape index (κ3) is 3.43. The van der Waals surface area contributed by atoms with Gasteiger partial charge in [-0.3, -0.25) is 9.88 Å². The molecule has 6 rings (SSSR count). The number of anilines is 1. The highest BCUT2D eigenvalue weighted by atomic mass is 16.3. The van der Waals surface area contributed by atoms with E-state index in [0.717, 1.165) is 52.2 Å². The largest absolute Gasteiger partial charge is 0.441 e. The fourth-order valence-electron chi connectivity index (χ4n) is 4.62. The van der Waals surface area contributed by atoms with Gasteiger partial charge in [-0.2, -0.15) is 0 Å². The van der Waals surface area contributed by atoms with Crippen molar-refractivity contribution in [3.05, 3.63) is 48.5 Å². The Labute approximate surface area is 181 Å². The van der Waals surface area contributed by atoms with Crippen LogP contribution in [0.25, 0.3) is 33.4 Å². The minimum Gasteiger partial charge on any atom is -0.441 e. The molecule has 4 aromatic rings. The molecule has 0 radical (unpaired) electrons. The topological polar surface area (TPSA) is 61.5 Å². The predicted molar refractivity (Wildman–Crippen MR) is 122 cm³/mol. The number of fused-ring (bicyclic) bond motifs is 2. The van der Waals surface area contributed by atoms with Gasteiger partial charge < -0.3 is 14.2 Å². The van der Waals surface area contributed by atoms with Gasteiger partial charge in [0.1, 0.15) is 5.52 Å². The molecular weight excluding hydrogens is 388 g/mol. The molecule has 2 aliphatic heterocycles. The summed E-state index contributed by atoms with van der Waals surface area (Å²) in [6.07, 6.45) is 1.98. The molecular formula is C24H26N6O. The van der Waals surface area contributed by atoms with E-state index in [1.54, 1.807) is 0 Å². The number of likely N-dealkylation sites (N-methyl/N-ethyl adjacent to an activating group) is 1. The summed E-state index contributed by atoms with van der Waals surface area (Å²) in [4.78, 5) is 21.5. The molecule has 0 amide bonds. The first-order valence-electron chi connectivity index (χ1n) is 10.9. The highest BCUT2D eigenvalue weighted by Crippen LogP contribution is 2.28. The molecule has 0 bridgehead atoms. The Bertz CT molecular complexity index is 1250. The summed E-state index contributed by atoms with van der Waals surface area (Å²) < 4.78 is 5.59. The number of hydrogen-bond donors (Lipinski definition) is 0. The van der Waals surface area contributed by atoms with Gasteiger partial charge in [0.15, 0.2) is 11.5 Å². The number of rotatable bonds is 3. The van der Waals surface area contributed by atoms with Crippen LogP contribution in [0.4, 0.5) is 5.69 Å². The van der Waals surface area contributed by atoms with Crippen LogP contribution in [0.15, 0.2) is 47.0 Å². The molecule has 3 aromatic heterocycles. The van der Waals surface area contributed by atoms with Crippen LogP contribution in [0.3, 0.4) is 0 Å². The van der Waals surface area contributed by atoms with Crippen molar-refractivity contribution >= 4 is 27.8 Å². The van der Waals surface area contributed by atoms with E-state index in [2.05, 4.69) is 37.8 Å². The van der Waals surface area contributed by atoms with Crippen molar-refractivity contribution < 1.29 is 4.42 Å². The average Bonchev–Trinajstić information content (AvgIpc) is 3.12. The molecule has 7 nitrogen and oxygen atoms in total. The molecule has 0 saturated carbocycles. The smallest absolute Gasteiger partial charge is 0.192 e. The van der Waals surface area contributed by atoms with Crippen LogP contribution in [0.5, 0.6) is 0 Å². The Balaban J connectivity index is 1.23. The first kappa shape index (κ1) is 18.7. The van der Waals surface area contributed by atoms with Gasteiger partial charge in [-0.05, 0) is 43.4 Å². The first-order valence-corrected chi connectivity index (χ1v) is 10.9. The van der Waals surface area contributed by atoms with E-state index in [1.165, 1.54) is 26.2 Å². The van der Waals surface area contributed by atoms with E-state index < -0.39 is 0 Å². The number of pyridine rings is 2. The highest BCUT2D eigenvalue weighted by molar-refractivity contribution is 5.84.